The molecule has 0 aliphatic heterocycles. The largest absolute Gasteiger partial charge is 0.488 e. The molecule has 0 amide bonds. The van der Waals surface area contributed by atoms with Gasteiger partial charge >= 0.3 is 5.97 Å². The number of esters is 1. The third kappa shape index (κ3) is 5.62. The molecule has 0 N–H and O–H groups in total. The van der Waals surface area contributed by atoms with Crippen LogP contribution in [0.15, 0.2) is 54.6 Å². The van der Waals surface area contributed by atoms with Gasteiger partial charge in [0.05, 0.1) is 6.10 Å². The molecule has 2 aromatic rings. The fourth-order valence-electron chi connectivity index (χ4n) is 2.02. The summed E-state index contributed by atoms with van der Waals surface area (Å²) in [7, 11) is 0. The van der Waals surface area contributed by atoms with Gasteiger partial charge in [-0.25, -0.2) is 4.79 Å². The van der Waals surface area contributed by atoms with E-state index in [0.717, 1.165) is 16.9 Å². The van der Waals surface area contributed by atoms with Gasteiger partial charge in [0.2, 0.25) is 0 Å². The summed E-state index contributed by atoms with van der Waals surface area (Å²) in [5.41, 5.74) is 3.18. The average molecular weight is 310 g/mol. The van der Waals surface area contributed by atoms with Gasteiger partial charge in [-0.2, -0.15) is 0 Å². The molecular formula is C20H22O3. The van der Waals surface area contributed by atoms with Crippen LogP contribution in [0.2, 0.25) is 0 Å². The van der Waals surface area contributed by atoms with Crippen LogP contribution in [0.4, 0.5) is 0 Å². The van der Waals surface area contributed by atoms with Crippen molar-refractivity contribution in [2.45, 2.75) is 33.5 Å². The molecule has 0 aliphatic rings. The Bertz CT molecular complexity index is 670. The van der Waals surface area contributed by atoms with Gasteiger partial charge in [-0.05, 0) is 38.5 Å². The van der Waals surface area contributed by atoms with E-state index < -0.39 is 0 Å². The summed E-state index contributed by atoms with van der Waals surface area (Å²) in [4.78, 5) is 11.6. The molecule has 2 aromatic carbocycles. The van der Waals surface area contributed by atoms with Crippen molar-refractivity contribution >= 4 is 12.0 Å². The second kappa shape index (κ2) is 8.18. The second-order valence-corrected chi connectivity index (χ2v) is 5.63. The Morgan fingerprint density at radius 2 is 1.78 bits per heavy atom. The van der Waals surface area contributed by atoms with E-state index in [-0.39, 0.29) is 12.1 Å². The van der Waals surface area contributed by atoms with Crippen LogP contribution in [0.5, 0.6) is 5.75 Å². The van der Waals surface area contributed by atoms with Crippen molar-refractivity contribution in [3.63, 3.8) is 0 Å². The summed E-state index contributed by atoms with van der Waals surface area (Å²) < 4.78 is 11.0. The third-order valence-electron chi connectivity index (χ3n) is 3.18. The topological polar surface area (TPSA) is 35.5 Å². The Labute approximate surface area is 137 Å². The van der Waals surface area contributed by atoms with E-state index in [9.17, 15) is 4.79 Å². The summed E-state index contributed by atoms with van der Waals surface area (Å²) in [5, 5.41) is 0. The second-order valence-electron chi connectivity index (χ2n) is 5.63. The van der Waals surface area contributed by atoms with Crippen LogP contribution in [0.25, 0.3) is 6.08 Å². The van der Waals surface area contributed by atoms with E-state index in [2.05, 4.69) is 19.1 Å². The maximum Gasteiger partial charge on any atom is 0.331 e. The maximum absolute atomic E-state index is 11.6. The monoisotopic (exact) mass is 310 g/mol. The number of carbonyl (C=O) groups is 1. The van der Waals surface area contributed by atoms with Gasteiger partial charge in [0.25, 0.3) is 0 Å². The summed E-state index contributed by atoms with van der Waals surface area (Å²) in [6.45, 7) is 6.19. The number of ether oxygens (including phenoxy) is 2. The normalized spacial score (nSPS) is 11.0. The zero-order valence-corrected chi connectivity index (χ0v) is 13.8. The van der Waals surface area contributed by atoms with Crippen LogP contribution >= 0.6 is 0 Å². The Morgan fingerprint density at radius 1 is 1.09 bits per heavy atom. The summed E-state index contributed by atoms with van der Waals surface area (Å²) in [6, 6.07) is 15.8. The lowest BCUT2D eigenvalue weighted by molar-refractivity contribution is -0.141. The molecule has 120 valence electrons. The molecule has 0 fully saturated rings. The zero-order valence-electron chi connectivity index (χ0n) is 13.8. The quantitative estimate of drug-likeness (QED) is 0.580. The van der Waals surface area contributed by atoms with E-state index in [0.29, 0.717) is 6.61 Å². The highest BCUT2D eigenvalue weighted by atomic mass is 16.5. The molecule has 3 heteroatoms. The molecule has 0 saturated carbocycles. The Balaban J connectivity index is 2.03. The number of carbonyl (C=O) groups excluding carboxylic acids is 1. The van der Waals surface area contributed by atoms with Gasteiger partial charge in [-0.3, -0.25) is 0 Å². The van der Waals surface area contributed by atoms with Crippen molar-refractivity contribution in [1.82, 2.24) is 0 Å². The lowest BCUT2D eigenvalue weighted by Gasteiger charge is -2.09. The number of hydrogen-bond donors (Lipinski definition) is 0. The minimum atomic E-state index is -0.353. The SMILES string of the molecule is Cc1ccc(COc2ccccc2/C=C/C(=O)OC(C)C)cc1. The molecule has 2 rings (SSSR count). The number of aryl methyl sites for hydroxylation is 1. The number of hydrogen-bond acceptors (Lipinski definition) is 3. The van der Waals surface area contributed by atoms with Crippen LogP contribution < -0.4 is 4.74 Å². The van der Waals surface area contributed by atoms with Gasteiger partial charge in [-0.15, -0.1) is 0 Å². The van der Waals surface area contributed by atoms with Crippen LogP contribution in [-0.2, 0) is 16.1 Å². The van der Waals surface area contributed by atoms with E-state index in [1.165, 1.54) is 11.6 Å². The van der Waals surface area contributed by atoms with Crippen LogP contribution in [-0.4, -0.2) is 12.1 Å². The zero-order chi connectivity index (χ0) is 16.7. The van der Waals surface area contributed by atoms with Crippen molar-refractivity contribution < 1.29 is 14.3 Å². The summed E-state index contributed by atoms with van der Waals surface area (Å²) in [5.74, 6) is 0.384. The van der Waals surface area contributed by atoms with Gasteiger partial charge in [0.15, 0.2) is 0 Å². The molecular weight excluding hydrogens is 288 g/mol. The number of rotatable bonds is 6. The average Bonchev–Trinajstić information content (AvgIpc) is 2.52. The minimum Gasteiger partial charge on any atom is -0.488 e. The summed E-state index contributed by atoms with van der Waals surface area (Å²) in [6.07, 6.45) is 3.02. The van der Waals surface area contributed by atoms with Gasteiger partial charge in [0.1, 0.15) is 12.4 Å². The fourth-order valence-corrected chi connectivity index (χ4v) is 2.02. The first-order valence-electron chi connectivity index (χ1n) is 7.70. The molecule has 0 unspecified atom stereocenters. The molecule has 3 nitrogen and oxygen atoms in total. The van der Waals surface area contributed by atoms with Gasteiger partial charge in [0, 0.05) is 11.6 Å². The van der Waals surface area contributed by atoms with Crippen molar-refractivity contribution in [2.75, 3.05) is 0 Å². The van der Waals surface area contributed by atoms with Crippen molar-refractivity contribution in [1.29, 1.82) is 0 Å². The highest BCUT2D eigenvalue weighted by molar-refractivity contribution is 5.87. The molecule has 0 aliphatic carbocycles. The smallest absolute Gasteiger partial charge is 0.331 e. The molecule has 0 atom stereocenters. The first-order chi connectivity index (χ1) is 11.0. The molecule has 0 saturated heterocycles. The lowest BCUT2D eigenvalue weighted by atomic mass is 10.1. The first kappa shape index (κ1) is 16.8. The minimum absolute atomic E-state index is 0.125. The van der Waals surface area contributed by atoms with Crippen molar-refractivity contribution in [3.8, 4) is 5.75 Å². The standard InChI is InChI=1S/C20H22O3/c1-15(2)23-20(21)13-12-18-6-4-5-7-19(18)22-14-17-10-8-16(3)9-11-17/h4-13,15H,14H2,1-3H3/b13-12+. The van der Waals surface area contributed by atoms with Crippen LogP contribution in [0.3, 0.4) is 0 Å². The molecule has 0 heterocycles. The summed E-state index contributed by atoms with van der Waals surface area (Å²) >= 11 is 0. The number of para-hydroxylation sites is 1. The Kier molecular flexibility index (Phi) is 5.98. The molecule has 0 bridgehead atoms. The molecule has 0 radical (unpaired) electrons. The van der Waals surface area contributed by atoms with E-state index in [4.69, 9.17) is 9.47 Å². The van der Waals surface area contributed by atoms with Crippen LogP contribution in [0, 0.1) is 6.92 Å². The fraction of sp³-hybridized carbons (Fsp3) is 0.250. The van der Waals surface area contributed by atoms with E-state index in [1.807, 2.05) is 50.2 Å². The van der Waals surface area contributed by atoms with Gasteiger partial charge in [-0.1, -0.05) is 48.0 Å². The van der Waals surface area contributed by atoms with Crippen molar-refractivity contribution in [2.24, 2.45) is 0 Å². The highest BCUT2D eigenvalue weighted by Gasteiger charge is 2.03. The third-order valence-corrected chi connectivity index (χ3v) is 3.18. The van der Waals surface area contributed by atoms with E-state index in [1.54, 1.807) is 6.08 Å². The predicted molar refractivity (Wildman–Crippen MR) is 92.2 cm³/mol. The highest BCUT2D eigenvalue weighted by Crippen LogP contribution is 2.21. The van der Waals surface area contributed by atoms with Gasteiger partial charge < -0.3 is 9.47 Å². The number of benzene rings is 2. The maximum atomic E-state index is 11.6. The molecule has 0 spiro atoms. The Hall–Kier alpha value is -2.55. The molecule has 0 aromatic heterocycles. The van der Waals surface area contributed by atoms with E-state index >= 15 is 0 Å². The lowest BCUT2D eigenvalue weighted by Crippen LogP contribution is -2.08. The van der Waals surface area contributed by atoms with Crippen LogP contribution in [0.1, 0.15) is 30.5 Å². The molecule has 23 heavy (non-hydrogen) atoms. The predicted octanol–water partition coefficient (Wildman–Crippen LogP) is 4.54. The Morgan fingerprint density at radius 3 is 2.48 bits per heavy atom. The first-order valence-corrected chi connectivity index (χ1v) is 7.70. The van der Waals surface area contributed by atoms with Crippen molar-refractivity contribution in [3.05, 3.63) is 71.3 Å².